The summed E-state index contributed by atoms with van der Waals surface area (Å²) in [5, 5.41) is 0. The molecule has 0 aromatic heterocycles. The number of hydrogen-bond donors (Lipinski definition) is 0. The number of piperidine rings is 1. The maximum Gasteiger partial charge on any atom is 0.320 e. The Labute approximate surface area is 178 Å². The molecule has 0 radical (unpaired) electrons. The van der Waals surface area contributed by atoms with Crippen molar-refractivity contribution in [2.24, 2.45) is 0 Å². The Bertz CT molecular complexity index is 729. The van der Waals surface area contributed by atoms with Gasteiger partial charge in [0.2, 0.25) is 0 Å². The summed E-state index contributed by atoms with van der Waals surface area (Å²) < 4.78 is 17.5. The second-order valence-corrected chi connectivity index (χ2v) is 8.11. The fourth-order valence-corrected chi connectivity index (χ4v) is 4.20. The highest BCUT2D eigenvalue weighted by molar-refractivity contribution is 5.71. The zero-order valence-electron chi connectivity index (χ0n) is 17.4. The molecular formula is C25H31NO4. The third kappa shape index (κ3) is 5.91. The van der Waals surface area contributed by atoms with E-state index in [2.05, 4.69) is 53.4 Å². The van der Waals surface area contributed by atoms with Crippen LogP contribution in [0.3, 0.4) is 0 Å². The molecule has 2 aliphatic heterocycles. The van der Waals surface area contributed by atoms with Crippen molar-refractivity contribution in [3.8, 4) is 0 Å². The average molecular weight is 410 g/mol. The maximum atomic E-state index is 12.3. The average Bonchev–Trinajstić information content (AvgIpc) is 2.80. The molecule has 2 heterocycles. The Morgan fingerprint density at radius 3 is 2.00 bits per heavy atom. The van der Waals surface area contributed by atoms with Gasteiger partial charge in [0, 0.05) is 25.9 Å². The molecule has 2 saturated heterocycles. The van der Waals surface area contributed by atoms with Crippen LogP contribution < -0.4 is 0 Å². The molecule has 5 heteroatoms. The molecule has 0 atom stereocenters. The van der Waals surface area contributed by atoms with Crippen LogP contribution in [0.4, 0.5) is 0 Å². The minimum Gasteiger partial charge on any atom is -0.461 e. The normalized spacial score (nSPS) is 19.1. The minimum atomic E-state index is -0.118. The first-order valence-electron chi connectivity index (χ1n) is 11.0. The number of likely N-dealkylation sites (tertiary alicyclic amines) is 1. The maximum absolute atomic E-state index is 12.3. The minimum absolute atomic E-state index is 0.0182. The van der Waals surface area contributed by atoms with Gasteiger partial charge in [0.05, 0.1) is 25.9 Å². The summed E-state index contributed by atoms with van der Waals surface area (Å²) in [6.07, 6.45) is 3.58. The number of ether oxygens (including phenoxy) is 3. The number of carbonyl (C=O) groups excluding carboxylic acids is 1. The molecule has 0 bridgehead atoms. The number of esters is 1. The Balaban J connectivity index is 1.29. The van der Waals surface area contributed by atoms with Gasteiger partial charge in [0.15, 0.2) is 0 Å². The fourth-order valence-electron chi connectivity index (χ4n) is 4.20. The van der Waals surface area contributed by atoms with Gasteiger partial charge < -0.3 is 14.2 Å². The third-order valence-corrected chi connectivity index (χ3v) is 5.89. The van der Waals surface area contributed by atoms with Crippen LogP contribution in [0.2, 0.25) is 0 Å². The van der Waals surface area contributed by atoms with Crippen molar-refractivity contribution in [3.63, 3.8) is 0 Å². The summed E-state index contributed by atoms with van der Waals surface area (Å²) in [4.78, 5) is 14.5. The molecule has 0 spiro atoms. The topological polar surface area (TPSA) is 48.0 Å². The summed E-state index contributed by atoms with van der Waals surface area (Å²) in [5.74, 6) is -0.118. The number of hydrogen-bond acceptors (Lipinski definition) is 5. The van der Waals surface area contributed by atoms with Crippen LogP contribution >= 0.6 is 0 Å². The van der Waals surface area contributed by atoms with Gasteiger partial charge in [0.25, 0.3) is 0 Å². The fraction of sp³-hybridized carbons (Fsp3) is 0.480. The highest BCUT2D eigenvalue weighted by Crippen LogP contribution is 2.30. The van der Waals surface area contributed by atoms with E-state index in [4.69, 9.17) is 14.2 Å². The standard InChI is InChI=1S/C25H31NO4/c27-24(29-23-13-17-28-18-14-23)19-26-15-11-22(12-16-26)30-25(20-7-3-1-4-8-20)21-9-5-2-6-10-21/h1-10,22-23,25H,11-19H2. The molecule has 2 aromatic rings. The van der Waals surface area contributed by atoms with Crippen LogP contribution in [0, 0.1) is 0 Å². The van der Waals surface area contributed by atoms with Crippen molar-refractivity contribution >= 4 is 5.97 Å². The summed E-state index contributed by atoms with van der Waals surface area (Å²) in [6, 6.07) is 20.8. The van der Waals surface area contributed by atoms with Gasteiger partial charge in [-0.05, 0) is 24.0 Å². The Kier molecular flexibility index (Phi) is 7.51. The zero-order valence-corrected chi connectivity index (χ0v) is 17.4. The Morgan fingerprint density at radius 1 is 0.867 bits per heavy atom. The van der Waals surface area contributed by atoms with Gasteiger partial charge in [-0.2, -0.15) is 0 Å². The smallest absolute Gasteiger partial charge is 0.320 e. The van der Waals surface area contributed by atoms with Crippen molar-refractivity contribution in [1.82, 2.24) is 4.90 Å². The van der Waals surface area contributed by atoms with Gasteiger partial charge in [-0.15, -0.1) is 0 Å². The quantitative estimate of drug-likeness (QED) is 0.648. The van der Waals surface area contributed by atoms with Crippen LogP contribution in [-0.2, 0) is 19.0 Å². The van der Waals surface area contributed by atoms with Crippen molar-refractivity contribution in [1.29, 1.82) is 0 Å². The van der Waals surface area contributed by atoms with Crippen molar-refractivity contribution < 1.29 is 19.0 Å². The van der Waals surface area contributed by atoms with E-state index in [-0.39, 0.29) is 24.3 Å². The number of rotatable bonds is 7. The van der Waals surface area contributed by atoms with E-state index in [1.807, 2.05) is 12.1 Å². The SMILES string of the molecule is O=C(CN1CCC(OC(c2ccccc2)c2ccccc2)CC1)OC1CCOCC1. The lowest BCUT2D eigenvalue weighted by atomic mass is 10.00. The molecular weight excluding hydrogens is 378 g/mol. The number of nitrogens with zero attached hydrogens (tertiary/aromatic N) is 1. The van der Waals surface area contributed by atoms with E-state index < -0.39 is 0 Å². The molecule has 0 saturated carbocycles. The van der Waals surface area contributed by atoms with Crippen LogP contribution in [0.25, 0.3) is 0 Å². The molecule has 30 heavy (non-hydrogen) atoms. The summed E-state index contributed by atoms with van der Waals surface area (Å²) >= 11 is 0. The van der Waals surface area contributed by atoms with Crippen molar-refractivity contribution in [2.45, 2.75) is 44.0 Å². The third-order valence-electron chi connectivity index (χ3n) is 5.89. The molecule has 5 nitrogen and oxygen atoms in total. The summed E-state index contributed by atoms with van der Waals surface area (Å²) in [6.45, 7) is 3.44. The van der Waals surface area contributed by atoms with Gasteiger partial charge in [-0.3, -0.25) is 9.69 Å². The first-order chi connectivity index (χ1) is 14.8. The van der Waals surface area contributed by atoms with Crippen LogP contribution in [-0.4, -0.2) is 55.9 Å². The molecule has 160 valence electrons. The largest absolute Gasteiger partial charge is 0.461 e. The van der Waals surface area contributed by atoms with Gasteiger partial charge in [-0.25, -0.2) is 0 Å². The van der Waals surface area contributed by atoms with Crippen molar-refractivity contribution in [3.05, 3.63) is 71.8 Å². The molecule has 4 rings (SSSR count). The van der Waals surface area contributed by atoms with Crippen LogP contribution in [0.1, 0.15) is 42.9 Å². The lowest BCUT2D eigenvalue weighted by Gasteiger charge is -2.34. The van der Waals surface area contributed by atoms with Gasteiger partial charge in [-0.1, -0.05) is 60.7 Å². The first kappa shape index (κ1) is 21.0. The molecule has 0 N–H and O–H groups in total. The van der Waals surface area contributed by atoms with E-state index in [9.17, 15) is 4.79 Å². The zero-order chi connectivity index (χ0) is 20.6. The number of carbonyl (C=O) groups is 1. The second-order valence-electron chi connectivity index (χ2n) is 8.11. The number of benzene rings is 2. The molecule has 0 unspecified atom stereocenters. The van der Waals surface area contributed by atoms with E-state index in [1.54, 1.807) is 0 Å². The lowest BCUT2D eigenvalue weighted by molar-refractivity contribution is -0.155. The second kappa shape index (κ2) is 10.7. The Hall–Kier alpha value is -2.21. The predicted molar refractivity (Wildman–Crippen MR) is 115 cm³/mol. The Morgan fingerprint density at radius 2 is 1.43 bits per heavy atom. The van der Waals surface area contributed by atoms with Crippen molar-refractivity contribution in [2.75, 3.05) is 32.8 Å². The molecule has 2 aliphatic rings. The lowest BCUT2D eigenvalue weighted by Crippen LogP contribution is -2.41. The van der Waals surface area contributed by atoms with E-state index in [0.29, 0.717) is 19.8 Å². The molecule has 0 amide bonds. The predicted octanol–water partition coefficient (Wildman–Crippen LogP) is 3.98. The highest BCUT2D eigenvalue weighted by Gasteiger charge is 2.26. The van der Waals surface area contributed by atoms with Crippen LogP contribution in [0.15, 0.2) is 60.7 Å². The van der Waals surface area contributed by atoms with Crippen LogP contribution in [0.5, 0.6) is 0 Å². The first-order valence-corrected chi connectivity index (χ1v) is 11.0. The monoisotopic (exact) mass is 409 g/mol. The van der Waals surface area contributed by atoms with E-state index in [1.165, 1.54) is 11.1 Å². The summed E-state index contributed by atoms with van der Waals surface area (Å²) in [7, 11) is 0. The van der Waals surface area contributed by atoms with E-state index in [0.717, 1.165) is 38.8 Å². The van der Waals surface area contributed by atoms with E-state index >= 15 is 0 Å². The van der Waals surface area contributed by atoms with Gasteiger partial charge >= 0.3 is 5.97 Å². The molecule has 2 aromatic carbocycles. The van der Waals surface area contributed by atoms with Gasteiger partial charge in [0.1, 0.15) is 12.2 Å². The molecule has 2 fully saturated rings. The highest BCUT2D eigenvalue weighted by atomic mass is 16.6. The molecule has 0 aliphatic carbocycles. The summed E-state index contributed by atoms with van der Waals surface area (Å²) in [5.41, 5.74) is 2.34.